The number of carbonyl (C=O) groups excluding carboxylic acids is 1. The summed E-state index contributed by atoms with van der Waals surface area (Å²) in [6.07, 6.45) is -0.218. The van der Waals surface area contributed by atoms with Crippen LogP contribution >= 0.6 is 0 Å². The quantitative estimate of drug-likeness (QED) is 0.830. The van der Waals surface area contributed by atoms with Gasteiger partial charge < -0.3 is 9.47 Å². The molecule has 2 unspecified atom stereocenters. The van der Waals surface area contributed by atoms with E-state index in [-0.39, 0.29) is 17.7 Å². The van der Waals surface area contributed by atoms with Crippen molar-refractivity contribution in [1.82, 2.24) is 14.5 Å². The second-order valence-electron chi connectivity index (χ2n) is 6.51. The zero-order valence-electron chi connectivity index (χ0n) is 13.9. The highest BCUT2D eigenvalue weighted by Gasteiger charge is 2.36. The number of hydrogen-bond acceptors (Lipinski definition) is 2. The van der Waals surface area contributed by atoms with Gasteiger partial charge in [-0.3, -0.25) is 4.79 Å². The lowest BCUT2D eigenvalue weighted by molar-refractivity contribution is -0.141. The van der Waals surface area contributed by atoms with E-state index in [9.17, 15) is 18.0 Å². The van der Waals surface area contributed by atoms with E-state index in [0.717, 1.165) is 25.5 Å². The van der Waals surface area contributed by atoms with Gasteiger partial charge >= 0.3 is 6.18 Å². The van der Waals surface area contributed by atoms with Crippen LogP contribution in [0.4, 0.5) is 13.2 Å². The fraction of sp³-hybridized carbons (Fsp3) is 0.750. The summed E-state index contributed by atoms with van der Waals surface area (Å²) in [6, 6.07) is 0. The zero-order chi connectivity index (χ0) is 17.2. The fourth-order valence-corrected chi connectivity index (χ4v) is 3.21. The first-order valence-electron chi connectivity index (χ1n) is 8.10. The number of hydrogen-bond donors (Lipinski definition) is 0. The van der Waals surface area contributed by atoms with Crippen molar-refractivity contribution >= 4 is 5.91 Å². The van der Waals surface area contributed by atoms with Crippen LogP contribution in [0.2, 0.25) is 0 Å². The molecule has 4 nitrogen and oxygen atoms in total. The molecule has 0 saturated heterocycles. The van der Waals surface area contributed by atoms with E-state index in [1.807, 2.05) is 13.8 Å². The van der Waals surface area contributed by atoms with Gasteiger partial charge in [-0.2, -0.15) is 13.2 Å². The maximum absolute atomic E-state index is 12.7. The molecular formula is C16H24F3N3O. The molecule has 130 valence electrons. The lowest BCUT2D eigenvalue weighted by atomic mass is 9.98. The van der Waals surface area contributed by atoms with Gasteiger partial charge in [0.1, 0.15) is 5.82 Å². The molecule has 0 aromatic carbocycles. The summed E-state index contributed by atoms with van der Waals surface area (Å²) >= 11 is 0. The van der Waals surface area contributed by atoms with Crippen molar-refractivity contribution in [2.45, 2.75) is 52.3 Å². The molecule has 0 fully saturated rings. The molecule has 0 spiro atoms. The van der Waals surface area contributed by atoms with Gasteiger partial charge in [0.05, 0.1) is 0 Å². The minimum absolute atomic E-state index is 0.00534. The third kappa shape index (κ3) is 4.26. The van der Waals surface area contributed by atoms with Gasteiger partial charge in [-0.05, 0) is 18.8 Å². The van der Waals surface area contributed by atoms with E-state index in [4.69, 9.17) is 0 Å². The smallest absolute Gasteiger partial charge is 0.345 e. The van der Waals surface area contributed by atoms with Crippen molar-refractivity contribution in [3.05, 3.63) is 17.7 Å². The van der Waals surface area contributed by atoms with Gasteiger partial charge in [0.15, 0.2) is 5.69 Å². The second-order valence-corrected chi connectivity index (χ2v) is 6.51. The molecule has 0 saturated carbocycles. The Hall–Kier alpha value is -1.53. The first kappa shape index (κ1) is 17.8. The number of fused-ring (bicyclic) bond motifs is 1. The second kappa shape index (κ2) is 6.93. The Balaban J connectivity index is 1.97. The van der Waals surface area contributed by atoms with Gasteiger partial charge in [0.25, 0.3) is 0 Å². The summed E-state index contributed by atoms with van der Waals surface area (Å²) in [5.74, 6) is 0.760. The van der Waals surface area contributed by atoms with E-state index in [0.29, 0.717) is 25.3 Å². The summed E-state index contributed by atoms with van der Waals surface area (Å²) in [5, 5.41) is 0. The third-order valence-corrected chi connectivity index (χ3v) is 4.43. The number of imidazole rings is 1. The molecule has 7 heteroatoms. The van der Waals surface area contributed by atoms with Crippen LogP contribution in [0.5, 0.6) is 0 Å². The Morgan fingerprint density at radius 2 is 2.22 bits per heavy atom. The molecule has 1 aliphatic heterocycles. The molecule has 2 atom stereocenters. The number of aryl methyl sites for hydroxylation is 1. The molecular weight excluding hydrogens is 307 g/mol. The minimum Gasteiger partial charge on any atom is -0.345 e. The number of halogens is 3. The van der Waals surface area contributed by atoms with Gasteiger partial charge in [-0.15, -0.1) is 0 Å². The van der Waals surface area contributed by atoms with E-state index < -0.39 is 11.9 Å². The summed E-state index contributed by atoms with van der Waals surface area (Å²) in [7, 11) is 1.78. The number of aromatic nitrogens is 2. The predicted octanol–water partition coefficient (Wildman–Crippen LogP) is 3.36. The molecule has 1 aromatic rings. The number of amides is 1. The van der Waals surface area contributed by atoms with E-state index in [1.54, 1.807) is 16.5 Å². The van der Waals surface area contributed by atoms with Crippen molar-refractivity contribution in [1.29, 1.82) is 0 Å². The van der Waals surface area contributed by atoms with Crippen LogP contribution in [0.25, 0.3) is 0 Å². The minimum atomic E-state index is -4.40. The summed E-state index contributed by atoms with van der Waals surface area (Å²) in [6.45, 7) is 5.03. The highest BCUT2D eigenvalue weighted by atomic mass is 19.4. The molecule has 2 heterocycles. The summed E-state index contributed by atoms with van der Waals surface area (Å²) in [5.41, 5.74) is -0.825. The van der Waals surface area contributed by atoms with Crippen molar-refractivity contribution in [3.8, 4) is 0 Å². The fourth-order valence-electron chi connectivity index (χ4n) is 3.21. The van der Waals surface area contributed by atoms with Crippen LogP contribution in [-0.4, -0.2) is 34.0 Å². The maximum Gasteiger partial charge on any atom is 0.434 e. The topological polar surface area (TPSA) is 38.1 Å². The lowest BCUT2D eigenvalue weighted by Crippen LogP contribution is -2.38. The Bertz CT molecular complexity index is 553. The molecule has 0 radical (unpaired) electrons. The van der Waals surface area contributed by atoms with Crippen molar-refractivity contribution in [2.75, 3.05) is 13.6 Å². The molecule has 23 heavy (non-hydrogen) atoms. The highest BCUT2D eigenvalue weighted by molar-refractivity contribution is 5.78. The Morgan fingerprint density at radius 1 is 1.52 bits per heavy atom. The maximum atomic E-state index is 12.7. The van der Waals surface area contributed by atoms with E-state index in [2.05, 4.69) is 4.98 Å². The standard InChI is InChI=1S/C16H24F3N3O/c1-4-5-11(2)15(23)21(3)8-12-6-7-14-20-13(16(17,18)19)10-22(14)9-12/h10-12H,4-9H2,1-3H3. The third-order valence-electron chi connectivity index (χ3n) is 4.43. The Labute approximate surface area is 134 Å². The van der Waals surface area contributed by atoms with Crippen LogP contribution in [-0.2, 0) is 23.9 Å². The number of alkyl halides is 3. The summed E-state index contributed by atoms with van der Waals surface area (Å²) < 4.78 is 39.7. The first-order chi connectivity index (χ1) is 10.7. The van der Waals surface area contributed by atoms with Crippen LogP contribution in [0.15, 0.2) is 6.20 Å². The van der Waals surface area contributed by atoms with Gasteiger partial charge in [-0.25, -0.2) is 4.98 Å². The van der Waals surface area contributed by atoms with E-state index in [1.165, 1.54) is 0 Å². The molecule has 1 amide bonds. The van der Waals surface area contributed by atoms with Gasteiger partial charge in [-0.1, -0.05) is 20.3 Å². The van der Waals surface area contributed by atoms with Crippen LogP contribution in [0, 0.1) is 11.8 Å². The largest absolute Gasteiger partial charge is 0.434 e. The first-order valence-corrected chi connectivity index (χ1v) is 8.10. The normalized spacial score (nSPS) is 19.3. The number of nitrogens with zero attached hydrogens (tertiary/aromatic N) is 3. The monoisotopic (exact) mass is 331 g/mol. The molecule has 0 aliphatic carbocycles. The van der Waals surface area contributed by atoms with Gasteiger partial charge in [0, 0.05) is 38.7 Å². The van der Waals surface area contributed by atoms with Crippen LogP contribution in [0.3, 0.4) is 0 Å². The van der Waals surface area contributed by atoms with Crippen molar-refractivity contribution in [3.63, 3.8) is 0 Å². The molecule has 2 rings (SSSR count). The van der Waals surface area contributed by atoms with Crippen LogP contribution < -0.4 is 0 Å². The molecule has 1 aromatic heterocycles. The molecule has 0 bridgehead atoms. The Morgan fingerprint density at radius 3 is 2.83 bits per heavy atom. The molecule has 0 N–H and O–H groups in total. The Kier molecular flexibility index (Phi) is 5.37. The average molecular weight is 331 g/mol. The SMILES string of the molecule is CCCC(C)C(=O)N(C)CC1CCc2nc(C(F)(F)F)cn2C1. The lowest BCUT2D eigenvalue weighted by Gasteiger charge is -2.29. The number of rotatable bonds is 5. The predicted molar refractivity (Wildman–Crippen MR) is 80.7 cm³/mol. The van der Waals surface area contributed by atoms with Crippen molar-refractivity contribution < 1.29 is 18.0 Å². The number of carbonyl (C=O) groups is 1. The van der Waals surface area contributed by atoms with Crippen LogP contribution in [0.1, 0.15) is 44.6 Å². The average Bonchev–Trinajstić information content (AvgIpc) is 2.90. The highest BCUT2D eigenvalue weighted by Crippen LogP contribution is 2.30. The molecule has 1 aliphatic rings. The zero-order valence-corrected chi connectivity index (χ0v) is 13.9. The summed E-state index contributed by atoms with van der Waals surface area (Å²) in [4.78, 5) is 17.6. The van der Waals surface area contributed by atoms with Gasteiger partial charge in [0.2, 0.25) is 5.91 Å². The van der Waals surface area contributed by atoms with E-state index >= 15 is 0 Å². The van der Waals surface area contributed by atoms with Crippen molar-refractivity contribution in [2.24, 2.45) is 11.8 Å².